The standard InChI is InChI=1S/C18H32ClNO/c1-2-3-5-14-8-10-15(11-9-14)18(21)20-13-17-7-4-6-16(17)12-19/h14-17H,2-13H2,1H3,(H,20,21). The minimum absolute atomic E-state index is 0.277. The highest BCUT2D eigenvalue weighted by atomic mass is 35.5. The average Bonchev–Trinajstić information content (AvgIpc) is 2.98. The second-order valence-electron chi connectivity index (χ2n) is 7.21. The summed E-state index contributed by atoms with van der Waals surface area (Å²) in [5, 5.41) is 3.22. The van der Waals surface area contributed by atoms with Gasteiger partial charge in [0, 0.05) is 18.3 Å². The molecule has 0 spiro atoms. The Morgan fingerprint density at radius 2 is 1.81 bits per heavy atom. The van der Waals surface area contributed by atoms with E-state index in [2.05, 4.69) is 12.2 Å². The molecule has 2 unspecified atom stereocenters. The summed E-state index contributed by atoms with van der Waals surface area (Å²) in [7, 11) is 0. The van der Waals surface area contributed by atoms with Crippen LogP contribution >= 0.6 is 11.6 Å². The summed E-state index contributed by atoms with van der Waals surface area (Å²) in [5.41, 5.74) is 0. The van der Waals surface area contributed by atoms with Gasteiger partial charge >= 0.3 is 0 Å². The van der Waals surface area contributed by atoms with Crippen LogP contribution in [0.2, 0.25) is 0 Å². The molecule has 0 radical (unpaired) electrons. The largest absolute Gasteiger partial charge is 0.356 e. The fourth-order valence-corrected chi connectivity index (χ4v) is 4.57. The monoisotopic (exact) mass is 313 g/mol. The number of carbonyl (C=O) groups excluding carboxylic acids is 1. The van der Waals surface area contributed by atoms with E-state index in [4.69, 9.17) is 11.6 Å². The van der Waals surface area contributed by atoms with Crippen LogP contribution in [0.15, 0.2) is 0 Å². The summed E-state index contributed by atoms with van der Waals surface area (Å²) in [6.07, 6.45) is 12.5. The van der Waals surface area contributed by atoms with Crippen molar-refractivity contribution >= 4 is 17.5 Å². The van der Waals surface area contributed by atoms with Gasteiger partial charge in [-0.1, -0.05) is 32.6 Å². The maximum atomic E-state index is 12.3. The number of hydrogen-bond donors (Lipinski definition) is 1. The Bertz CT molecular complexity index is 312. The van der Waals surface area contributed by atoms with E-state index in [0.29, 0.717) is 17.7 Å². The lowest BCUT2D eigenvalue weighted by Gasteiger charge is -2.28. The molecular weight excluding hydrogens is 282 g/mol. The van der Waals surface area contributed by atoms with E-state index in [0.717, 1.165) is 31.2 Å². The van der Waals surface area contributed by atoms with Crippen molar-refractivity contribution in [1.29, 1.82) is 0 Å². The molecule has 21 heavy (non-hydrogen) atoms. The summed E-state index contributed by atoms with van der Waals surface area (Å²) in [5.74, 6) is 3.46. The van der Waals surface area contributed by atoms with Gasteiger partial charge in [-0.15, -0.1) is 11.6 Å². The minimum Gasteiger partial charge on any atom is -0.356 e. The number of amides is 1. The van der Waals surface area contributed by atoms with Crippen LogP contribution in [0.25, 0.3) is 0 Å². The van der Waals surface area contributed by atoms with Crippen LogP contribution in [0.3, 0.4) is 0 Å². The number of halogens is 1. The Morgan fingerprint density at radius 3 is 2.48 bits per heavy atom. The smallest absolute Gasteiger partial charge is 0.223 e. The molecule has 0 heterocycles. The second kappa shape index (κ2) is 9.02. The number of rotatable bonds is 7. The topological polar surface area (TPSA) is 29.1 Å². The Balaban J connectivity index is 1.65. The molecule has 2 atom stereocenters. The Labute approximate surface area is 135 Å². The van der Waals surface area contributed by atoms with Crippen LogP contribution in [0.4, 0.5) is 0 Å². The lowest BCUT2D eigenvalue weighted by atomic mass is 9.79. The Hall–Kier alpha value is -0.240. The maximum absolute atomic E-state index is 12.3. The molecule has 3 heteroatoms. The third-order valence-corrected chi connectivity index (χ3v) is 6.13. The highest BCUT2D eigenvalue weighted by Crippen LogP contribution is 2.33. The number of hydrogen-bond acceptors (Lipinski definition) is 1. The average molecular weight is 314 g/mol. The predicted molar refractivity (Wildman–Crippen MR) is 89.5 cm³/mol. The van der Waals surface area contributed by atoms with Crippen LogP contribution < -0.4 is 5.32 Å². The minimum atomic E-state index is 0.277. The molecule has 2 nitrogen and oxygen atoms in total. The van der Waals surface area contributed by atoms with Crippen LogP contribution in [0.5, 0.6) is 0 Å². The van der Waals surface area contributed by atoms with Gasteiger partial charge in [0.15, 0.2) is 0 Å². The highest BCUT2D eigenvalue weighted by Gasteiger charge is 2.29. The second-order valence-corrected chi connectivity index (χ2v) is 7.52. The van der Waals surface area contributed by atoms with Gasteiger partial charge in [0.05, 0.1) is 0 Å². The van der Waals surface area contributed by atoms with Crippen LogP contribution in [-0.2, 0) is 4.79 Å². The molecule has 122 valence electrons. The van der Waals surface area contributed by atoms with Gasteiger partial charge in [-0.25, -0.2) is 0 Å². The van der Waals surface area contributed by atoms with Crippen molar-refractivity contribution in [3.05, 3.63) is 0 Å². The summed E-state index contributed by atoms with van der Waals surface area (Å²) in [6.45, 7) is 3.11. The number of nitrogens with one attached hydrogen (secondary N) is 1. The van der Waals surface area contributed by atoms with E-state index in [-0.39, 0.29) is 5.92 Å². The van der Waals surface area contributed by atoms with Crippen molar-refractivity contribution < 1.29 is 4.79 Å². The molecule has 0 aromatic carbocycles. The molecule has 1 amide bonds. The molecule has 2 aliphatic carbocycles. The molecule has 0 saturated heterocycles. The van der Waals surface area contributed by atoms with E-state index in [1.807, 2.05) is 0 Å². The molecule has 2 saturated carbocycles. The first-order chi connectivity index (χ1) is 10.2. The van der Waals surface area contributed by atoms with Gasteiger partial charge in [-0.3, -0.25) is 4.79 Å². The quantitative estimate of drug-likeness (QED) is 0.675. The van der Waals surface area contributed by atoms with E-state index in [1.165, 1.54) is 51.4 Å². The molecule has 0 bridgehead atoms. The third-order valence-electron chi connectivity index (χ3n) is 5.74. The van der Waals surface area contributed by atoms with Crippen molar-refractivity contribution in [3.8, 4) is 0 Å². The van der Waals surface area contributed by atoms with Crippen molar-refractivity contribution in [2.75, 3.05) is 12.4 Å². The number of unbranched alkanes of at least 4 members (excludes halogenated alkanes) is 1. The summed E-state index contributed by atoms with van der Waals surface area (Å²) in [6, 6.07) is 0. The van der Waals surface area contributed by atoms with Gasteiger partial charge in [0.2, 0.25) is 5.91 Å². The van der Waals surface area contributed by atoms with E-state index < -0.39 is 0 Å². The SMILES string of the molecule is CCCCC1CCC(C(=O)NCC2CCCC2CCl)CC1. The molecule has 0 aliphatic heterocycles. The highest BCUT2D eigenvalue weighted by molar-refractivity contribution is 6.18. The summed E-state index contributed by atoms with van der Waals surface area (Å²) in [4.78, 5) is 12.3. The Morgan fingerprint density at radius 1 is 1.10 bits per heavy atom. The van der Waals surface area contributed by atoms with Crippen LogP contribution in [0, 0.1) is 23.7 Å². The van der Waals surface area contributed by atoms with Crippen LogP contribution in [-0.4, -0.2) is 18.3 Å². The summed E-state index contributed by atoms with van der Waals surface area (Å²) < 4.78 is 0. The molecule has 1 N–H and O–H groups in total. The fourth-order valence-electron chi connectivity index (χ4n) is 4.17. The molecule has 2 fully saturated rings. The molecule has 2 rings (SSSR count). The lowest BCUT2D eigenvalue weighted by Crippen LogP contribution is -2.37. The van der Waals surface area contributed by atoms with Gasteiger partial charge in [0.25, 0.3) is 0 Å². The lowest BCUT2D eigenvalue weighted by molar-refractivity contribution is -0.126. The van der Waals surface area contributed by atoms with Crippen LogP contribution in [0.1, 0.15) is 71.1 Å². The first-order valence-electron chi connectivity index (χ1n) is 9.08. The first-order valence-corrected chi connectivity index (χ1v) is 9.61. The zero-order valence-corrected chi connectivity index (χ0v) is 14.3. The number of alkyl halides is 1. The Kier molecular flexibility index (Phi) is 7.36. The van der Waals surface area contributed by atoms with E-state index in [1.54, 1.807) is 0 Å². The predicted octanol–water partition coefficient (Wildman–Crippen LogP) is 4.75. The van der Waals surface area contributed by atoms with Gasteiger partial charge < -0.3 is 5.32 Å². The number of carbonyl (C=O) groups is 1. The molecule has 2 aliphatic rings. The van der Waals surface area contributed by atoms with Gasteiger partial charge in [-0.05, 0) is 56.3 Å². The molecule has 0 aromatic rings. The van der Waals surface area contributed by atoms with Gasteiger partial charge in [-0.2, -0.15) is 0 Å². The van der Waals surface area contributed by atoms with Crippen molar-refractivity contribution in [1.82, 2.24) is 5.32 Å². The van der Waals surface area contributed by atoms with E-state index in [9.17, 15) is 4.79 Å². The fraction of sp³-hybridized carbons (Fsp3) is 0.944. The normalized spacial score (nSPS) is 33.0. The molecule has 0 aromatic heterocycles. The third kappa shape index (κ3) is 5.16. The summed E-state index contributed by atoms with van der Waals surface area (Å²) >= 11 is 6.01. The zero-order chi connectivity index (χ0) is 15.1. The zero-order valence-electron chi connectivity index (χ0n) is 13.6. The van der Waals surface area contributed by atoms with Crippen molar-refractivity contribution in [2.24, 2.45) is 23.7 Å². The molecular formula is C18H32ClNO. The van der Waals surface area contributed by atoms with Gasteiger partial charge in [0.1, 0.15) is 0 Å². The maximum Gasteiger partial charge on any atom is 0.223 e. The first kappa shape index (κ1) is 17.1. The van der Waals surface area contributed by atoms with Crippen molar-refractivity contribution in [3.63, 3.8) is 0 Å². The van der Waals surface area contributed by atoms with Crippen molar-refractivity contribution in [2.45, 2.75) is 71.1 Å². The van der Waals surface area contributed by atoms with E-state index >= 15 is 0 Å².